The molecule has 0 aliphatic carbocycles. The fraction of sp³-hybridized carbons (Fsp3) is 0.480. The number of carbonyl (C=O) groups is 2. The maximum Gasteiger partial charge on any atom is 0.415 e. The lowest BCUT2D eigenvalue weighted by atomic mass is 10.2. The first-order valence-corrected chi connectivity index (χ1v) is 13.4. The molecular formula is C25H32ClN3O4S2. The molecule has 0 fully saturated rings. The summed E-state index contributed by atoms with van der Waals surface area (Å²) >= 11 is 9.53. The lowest BCUT2D eigenvalue weighted by Gasteiger charge is -2.27. The van der Waals surface area contributed by atoms with Gasteiger partial charge in [0.2, 0.25) is 0 Å². The van der Waals surface area contributed by atoms with Crippen molar-refractivity contribution in [3.05, 3.63) is 44.1 Å². The maximum absolute atomic E-state index is 13.3. The summed E-state index contributed by atoms with van der Waals surface area (Å²) in [6.07, 6.45) is -0.306. The third-order valence-corrected chi connectivity index (χ3v) is 7.16. The van der Waals surface area contributed by atoms with Gasteiger partial charge >= 0.3 is 12.2 Å². The van der Waals surface area contributed by atoms with Crippen molar-refractivity contribution in [1.82, 2.24) is 10.3 Å². The zero-order valence-corrected chi connectivity index (χ0v) is 23.5. The molecule has 1 N–H and O–H groups in total. The van der Waals surface area contributed by atoms with Crippen LogP contribution in [0.1, 0.15) is 56.9 Å². The van der Waals surface area contributed by atoms with Crippen molar-refractivity contribution in [3.8, 4) is 0 Å². The van der Waals surface area contributed by atoms with Gasteiger partial charge in [-0.15, -0.1) is 22.7 Å². The Labute approximate surface area is 219 Å². The summed E-state index contributed by atoms with van der Waals surface area (Å²) in [7, 11) is 0. The van der Waals surface area contributed by atoms with Crippen LogP contribution in [0, 0.1) is 6.92 Å². The van der Waals surface area contributed by atoms with Crippen LogP contribution >= 0.6 is 34.3 Å². The zero-order valence-electron chi connectivity index (χ0n) is 21.2. The predicted octanol–water partition coefficient (Wildman–Crippen LogP) is 7.33. The van der Waals surface area contributed by atoms with Crippen LogP contribution in [-0.2, 0) is 22.4 Å². The van der Waals surface area contributed by atoms with E-state index in [4.69, 9.17) is 21.1 Å². The van der Waals surface area contributed by atoms with Gasteiger partial charge < -0.3 is 14.8 Å². The summed E-state index contributed by atoms with van der Waals surface area (Å²) < 4.78 is 11.9. The van der Waals surface area contributed by atoms with E-state index in [9.17, 15) is 9.59 Å². The Hall–Kier alpha value is -2.36. The Morgan fingerprint density at radius 2 is 1.83 bits per heavy atom. The van der Waals surface area contributed by atoms with Crippen molar-refractivity contribution in [3.63, 3.8) is 0 Å². The largest absolute Gasteiger partial charge is 0.444 e. The molecule has 10 heteroatoms. The van der Waals surface area contributed by atoms with Crippen molar-refractivity contribution < 1.29 is 19.1 Å². The minimum absolute atomic E-state index is 0.298. The quantitative estimate of drug-likeness (QED) is 0.333. The van der Waals surface area contributed by atoms with E-state index in [1.54, 1.807) is 33.6 Å². The number of anilines is 1. The molecule has 0 saturated carbocycles. The third-order valence-electron chi connectivity index (χ3n) is 4.74. The standard InChI is InChI=1S/C25H32ClN3O4S2/c1-15-18(10-11-27-22(30)32-24(2,3)4)35-21-17(13-19(26)28-20(15)21)29(14-16-9-8-12-34-16)23(31)33-25(5,6)7/h8-9,12-13H,10-11,14H2,1-7H3,(H,27,30). The first-order valence-electron chi connectivity index (χ1n) is 11.3. The summed E-state index contributed by atoms with van der Waals surface area (Å²) in [5, 5.41) is 5.07. The number of hydrogen-bond donors (Lipinski definition) is 1. The molecule has 190 valence electrons. The van der Waals surface area contributed by atoms with Crippen LogP contribution in [0.4, 0.5) is 15.3 Å². The number of nitrogens with zero attached hydrogens (tertiary/aromatic N) is 2. The van der Waals surface area contributed by atoms with Crippen molar-refractivity contribution >= 4 is 62.4 Å². The molecule has 0 aliphatic rings. The Morgan fingerprint density at radius 3 is 2.43 bits per heavy atom. The van der Waals surface area contributed by atoms with Crippen LogP contribution in [-0.4, -0.2) is 34.9 Å². The van der Waals surface area contributed by atoms with E-state index in [2.05, 4.69) is 10.3 Å². The second-order valence-corrected chi connectivity index (χ2v) is 12.6. The number of halogens is 1. The molecule has 0 bridgehead atoms. The minimum Gasteiger partial charge on any atom is -0.444 e. The molecule has 0 radical (unpaired) electrons. The molecule has 2 amide bonds. The maximum atomic E-state index is 13.3. The van der Waals surface area contributed by atoms with Gasteiger partial charge in [0.15, 0.2) is 0 Å². The van der Waals surface area contributed by atoms with Gasteiger partial charge in [-0.1, -0.05) is 17.7 Å². The monoisotopic (exact) mass is 537 g/mol. The number of amides is 2. The second-order valence-electron chi connectivity index (χ2n) is 10.1. The third kappa shape index (κ3) is 7.56. The van der Waals surface area contributed by atoms with Crippen LogP contribution in [0.25, 0.3) is 10.2 Å². The Balaban J connectivity index is 1.94. The van der Waals surface area contributed by atoms with Gasteiger partial charge in [-0.3, -0.25) is 4.90 Å². The first kappa shape index (κ1) is 27.2. The molecule has 3 aromatic rings. The van der Waals surface area contributed by atoms with E-state index in [0.29, 0.717) is 30.4 Å². The van der Waals surface area contributed by atoms with Crippen molar-refractivity contribution in [2.24, 2.45) is 0 Å². The van der Waals surface area contributed by atoms with Crippen LogP contribution in [0.2, 0.25) is 5.15 Å². The number of alkyl carbamates (subject to hydrolysis) is 1. The highest BCUT2D eigenvalue weighted by molar-refractivity contribution is 7.20. The number of pyridine rings is 1. The SMILES string of the molecule is Cc1c(CCNC(=O)OC(C)(C)C)sc2c(N(Cc3cccs3)C(=O)OC(C)(C)C)cc(Cl)nc12. The fourth-order valence-electron chi connectivity index (χ4n) is 3.33. The molecular weight excluding hydrogens is 506 g/mol. The minimum atomic E-state index is -0.648. The number of ether oxygens (including phenoxy) is 2. The number of aromatic nitrogens is 1. The van der Waals surface area contributed by atoms with E-state index < -0.39 is 23.4 Å². The van der Waals surface area contributed by atoms with Crippen LogP contribution < -0.4 is 10.2 Å². The predicted molar refractivity (Wildman–Crippen MR) is 144 cm³/mol. The number of fused-ring (bicyclic) bond motifs is 1. The summed E-state index contributed by atoms with van der Waals surface area (Å²) in [6, 6.07) is 5.64. The second kappa shape index (κ2) is 10.7. The molecule has 3 aromatic heterocycles. The van der Waals surface area contributed by atoms with Gasteiger partial charge in [0.05, 0.1) is 22.4 Å². The molecule has 35 heavy (non-hydrogen) atoms. The molecule has 0 aliphatic heterocycles. The van der Waals surface area contributed by atoms with E-state index in [-0.39, 0.29) is 0 Å². The first-order chi connectivity index (χ1) is 16.2. The molecule has 3 heterocycles. The molecule has 0 aromatic carbocycles. The van der Waals surface area contributed by atoms with Crippen LogP contribution in [0.3, 0.4) is 0 Å². The highest BCUT2D eigenvalue weighted by atomic mass is 35.5. The summed E-state index contributed by atoms with van der Waals surface area (Å²) in [5.74, 6) is 0. The lowest BCUT2D eigenvalue weighted by Crippen LogP contribution is -2.36. The smallest absolute Gasteiger partial charge is 0.415 e. The van der Waals surface area contributed by atoms with Gasteiger partial charge in [0, 0.05) is 22.4 Å². The van der Waals surface area contributed by atoms with E-state index in [1.165, 1.54) is 0 Å². The normalized spacial score (nSPS) is 12.0. The highest BCUT2D eigenvalue weighted by Gasteiger charge is 2.27. The van der Waals surface area contributed by atoms with Gasteiger partial charge in [-0.25, -0.2) is 14.6 Å². The van der Waals surface area contributed by atoms with Gasteiger partial charge in [0.25, 0.3) is 0 Å². The number of rotatable bonds is 6. The average Bonchev–Trinajstić information content (AvgIpc) is 3.32. The van der Waals surface area contributed by atoms with Gasteiger partial charge in [0.1, 0.15) is 16.4 Å². The Kier molecular flexibility index (Phi) is 8.34. The summed E-state index contributed by atoms with van der Waals surface area (Å²) in [4.78, 5) is 33.5. The molecule has 7 nitrogen and oxygen atoms in total. The zero-order chi connectivity index (χ0) is 26.0. The number of aryl methyl sites for hydroxylation is 1. The van der Waals surface area contributed by atoms with E-state index in [1.807, 2.05) is 66.0 Å². The van der Waals surface area contributed by atoms with Crippen LogP contribution in [0.5, 0.6) is 0 Å². The van der Waals surface area contributed by atoms with E-state index in [0.717, 1.165) is 25.5 Å². The van der Waals surface area contributed by atoms with Crippen molar-refractivity contribution in [2.75, 3.05) is 11.4 Å². The van der Waals surface area contributed by atoms with E-state index >= 15 is 0 Å². The molecule has 0 saturated heterocycles. The highest BCUT2D eigenvalue weighted by Crippen LogP contribution is 2.39. The fourth-order valence-corrected chi connectivity index (χ4v) is 5.48. The number of nitrogens with one attached hydrogen (secondary N) is 1. The summed E-state index contributed by atoms with van der Waals surface area (Å²) in [5.41, 5.74) is 1.16. The molecule has 0 atom stereocenters. The number of thiophene rings is 2. The Bertz CT molecular complexity index is 1190. The number of carbonyl (C=O) groups excluding carboxylic acids is 2. The molecule has 3 rings (SSSR count). The lowest BCUT2D eigenvalue weighted by molar-refractivity contribution is 0.0526. The van der Waals surface area contributed by atoms with Gasteiger partial charge in [-0.2, -0.15) is 0 Å². The number of hydrogen-bond acceptors (Lipinski definition) is 7. The topological polar surface area (TPSA) is 80.8 Å². The van der Waals surface area contributed by atoms with Crippen molar-refractivity contribution in [1.29, 1.82) is 0 Å². The Morgan fingerprint density at radius 1 is 1.14 bits per heavy atom. The van der Waals surface area contributed by atoms with Crippen molar-refractivity contribution in [2.45, 2.75) is 72.6 Å². The molecule has 0 spiro atoms. The summed E-state index contributed by atoms with van der Waals surface area (Å²) in [6.45, 7) is 13.7. The van der Waals surface area contributed by atoms with Crippen LogP contribution in [0.15, 0.2) is 23.6 Å². The van der Waals surface area contributed by atoms with Gasteiger partial charge in [-0.05, 0) is 71.9 Å². The molecule has 0 unspecified atom stereocenters. The average molecular weight is 538 g/mol.